The minimum atomic E-state index is -0.273. The zero-order valence-corrected chi connectivity index (χ0v) is 12.0. The molecule has 1 rings (SSSR count). The van der Waals surface area contributed by atoms with Crippen LogP contribution in [0.15, 0.2) is 24.3 Å². The van der Waals surface area contributed by atoms with Crippen molar-refractivity contribution in [3.05, 3.63) is 29.8 Å². The molecule has 0 unspecified atom stereocenters. The summed E-state index contributed by atoms with van der Waals surface area (Å²) in [5.74, 6) is 0.348. The zero-order valence-electron chi connectivity index (χ0n) is 12.0. The second-order valence-corrected chi connectivity index (χ2v) is 5.46. The maximum atomic E-state index is 10.8. The van der Waals surface area contributed by atoms with Crippen LogP contribution in [0.25, 0.3) is 0 Å². The van der Waals surface area contributed by atoms with E-state index in [0.29, 0.717) is 5.75 Å². The van der Waals surface area contributed by atoms with Gasteiger partial charge in [0.05, 0.1) is 0 Å². The highest BCUT2D eigenvalue weighted by Gasteiger charge is 2.19. The SMILES string of the molecule is CCCCCC(C)(C)c1ccc(OC(C)=O)cc1. The van der Waals surface area contributed by atoms with Crippen molar-refractivity contribution < 1.29 is 9.53 Å². The molecule has 0 aliphatic heterocycles. The van der Waals surface area contributed by atoms with Crippen molar-refractivity contribution in [2.75, 3.05) is 0 Å². The van der Waals surface area contributed by atoms with Crippen LogP contribution < -0.4 is 4.74 Å². The number of hydrogen-bond acceptors (Lipinski definition) is 2. The van der Waals surface area contributed by atoms with Gasteiger partial charge in [-0.05, 0) is 29.5 Å². The van der Waals surface area contributed by atoms with Gasteiger partial charge in [0.25, 0.3) is 0 Å². The molecule has 2 heteroatoms. The summed E-state index contributed by atoms with van der Waals surface area (Å²) in [5, 5.41) is 0. The third-order valence-electron chi connectivity index (χ3n) is 3.30. The van der Waals surface area contributed by atoms with Crippen LogP contribution in [0.1, 0.15) is 58.9 Å². The molecular weight excluding hydrogens is 224 g/mol. The number of carbonyl (C=O) groups is 1. The van der Waals surface area contributed by atoms with Crippen molar-refractivity contribution in [1.29, 1.82) is 0 Å². The molecule has 0 fully saturated rings. The highest BCUT2D eigenvalue weighted by molar-refractivity contribution is 5.69. The molecule has 0 saturated heterocycles. The fraction of sp³-hybridized carbons (Fsp3) is 0.562. The van der Waals surface area contributed by atoms with Crippen LogP contribution in [0, 0.1) is 0 Å². The Morgan fingerprint density at radius 3 is 2.28 bits per heavy atom. The number of unbranched alkanes of at least 4 members (excludes halogenated alkanes) is 2. The number of benzene rings is 1. The first-order valence-electron chi connectivity index (χ1n) is 6.74. The molecule has 0 heterocycles. The summed E-state index contributed by atoms with van der Waals surface area (Å²) in [6.07, 6.45) is 4.99. The van der Waals surface area contributed by atoms with E-state index < -0.39 is 0 Å². The molecule has 0 saturated carbocycles. The third kappa shape index (κ3) is 4.52. The standard InChI is InChI=1S/C16H24O2/c1-5-6-7-12-16(3,4)14-8-10-15(11-9-14)18-13(2)17/h8-11H,5-7,12H2,1-4H3. The largest absolute Gasteiger partial charge is 0.427 e. The van der Waals surface area contributed by atoms with Gasteiger partial charge in [-0.15, -0.1) is 0 Å². The number of hydrogen-bond donors (Lipinski definition) is 0. The summed E-state index contributed by atoms with van der Waals surface area (Å²) >= 11 is 0. The lowest BCUT2D eigenvalue weighted by molar-refractivity contribution is -0.131. The number of rotatable bonds is 6. The van der Waals surface area contributed by atoms with Crippen LogP contribution in [0.2, 0.25) is 0 Å². The Morgan fingerprint density at radius 2 is 1.78 bits per heavy atom. The molecule has 1 aromatic rings. The van der Waals surface area contributed by atoms with E-state index in [2.05, 4.69) is 32.9 Å². The topological polar surface area (TPSA) is 26.3 Å². The molecule has 0 aromatic heterocycles. The molecule has 18 heavy (non-hydrogen) atoms. The van der Waals surface area contributed by atoms with Gasteiger partial charge < -0.3 is 4.74 Å². The molecule has 0 spiro atoms. The monoisotopic (exact) mass is 248 g/mol. The first-order chi connectivity index (χ1) is 8.45. The molecule has 2 nitrogen and oxygen atoms in total. The minimum Gasteiger partial charge on any atom is -0.427 e. The van der Waals surface area contributed by atoms with Crippen molar-refractivity contribution in [2.24, 2.45) is 0 Å². The Labute approximate surface area is 110 Å². The Morgan fingerprint density at radius 1 is 1.17 bits per heavy atom. The molecule has 0 radical (unpaired) electrons. The van der Waals surface area contributed by atoms with E-state index in [-0.39, 0.29) is 11.4 Å². The normalized spacial score (nSPS) is 11.3. The number of carbonyl (C=O) groups excluding carboxylic acids is 1. The summed E-state index contributed by atoms with van der Waals surface area (Å²) in [5.41, 5.74) is 1.48. The van der Waals surface area contributed by atoms with Gasteiger partial charge in [0.15, 0.2) is 0 Å². The van der Waals surface area contributed by atoms with E-state index in [1.54, 1.807) is 0 Å². The van der Waals surface area contributed by atoms with Crippen LogP contribution in [0.3, 0.4) is 0 Å². The third-order valence-corrected chi connectivity index (χ3v) is 3.30. The van der Waals surface area contributed by atoms with Crippen LogP contribution in [0.4, 0.5) is 0 Å². The molecular formula is C16H24O2. The number of ether oxygens (including phenoxy) is 1. The summed E-state index contributed by atoms with van der Waals surface area (Å²) in [4.78, 5) is 10.8. The van der Waals surface area contributed by atoms with Crippen LogP contribution in [-0.2, 0) is 10.2 Å². The molecule has 0 bridgehead atoms. The van der Waals surface area contributed by atoms with Gasteiger partial charge in [0, 0.05) is 6.92 Å². The average Bonchev–Trinajstić information content (AvgIpc) is 2.29. The first kappa shape index (κ1) is 14.7. The maximum absolute atomic E-state index is 10.8. The Balaban J connectivity index is 2.67. The van der Waals surface area contributed by atoms with Crippen molar-refractivity contribution in [2.45, 2.75) is 58.8 Å². The number of esters is 1. The Bertz CT molecular complexity index is 377. The van der Waals surface area contributed by atoms with Crippen LogP contribution >= 0.6 is 0 Å². The summed E-state index contributed by atoms with van der Waals surface area (Å²) < 4.78 is 5.04. The fourth-order valence-electron chi connectivity index (χ4n) is 2.10. The summed E-state index contributed by atoms with van der Waals surface area (Å²) in [7, 11) is 0. The molecule has 0 aliphatic rings. The summed E-state index contributed by atoms with van der Waals surface area (Å²) in [6, 6.07) is 7.87. The smallest absolute Gasteiger partial charge is 0.308 e. The summed E-state index contributed by atoms with van der Waals surface area (Å²) in [6.45, 7) is 8.18. The molecule has 100 valence electrons. The van der Waals surface area contributed by atoms with Crippen molar-refractivity contribution in [1.82, 2.24) is 0 Å². The van der Waals surface area contributed by atoms with Gasteiger partial charge in [-0.25, -0.2) is 0 Å². The van der Waals surface area contributed by atoms with Gasteiger partial charge in [-0.1, -0.05) is 52.2 Å². The molecule has 1 aromatic carbocycles. The van der Waals surface area contributed by atoms with Crippen LogP contribution in [0.5, 0.6) is 5.75 Å². The Kier molecular flexibility index (Phi) is 5.39. The molecule has 0 atom stereocenters. The van der Waals surface area contributed by atoms with Crippen molar-refractivity contribution in [3.63, 3.8) is 0 Å². The van der Waals surface area contributed by atoms with Gasteiger partial charge in [-0.3, -0.25) is 4.79 Å². The van der Waals surface area contributed by atoms with Crippen molar-refractivity contribution >= 4 is 5.97 Å². The molecule has 0 N–H and O–H groups in total. The van der Waals surface area contributed by atoms with Gasteiger partial charge >= 0.3 is 5.97 Å². The maximum Gasteiger partial charge on any atom is 0.308 e. The first-order valence-corrected chi connectivity index (χ1v) is 6.74. The lowest BCUT2D eigenvalue weighted by atomic mass is 9.80. The molecule has 0 amide bonds. The van der Waals surface area contributed by atoms with Crippen molar-refractivity contribution in [3.8, 4) is 5.75 Å². The minimum absolute atomic E-state index is 0.184. The Hall–Kier alpha value is -1.31. The highest BCUT2D eigenvalue weighted by Crippen LogP contribution is 2.30. The zero-order chi connectivity index (χ0) is 13.6. The lowest BCUT2D eigenvalue weighted by Crippen LogP contribution is -2.16. The van der Waals surface area contributed by atoms with E-state index in [1.807, 2.05) is 12.1 Å². The quantitative estimate of drug-likeness (QED) is 0.422. The van der Waals surface area contributed by atoms with Gasteiger partial charge in [0.2, 0.25) is 0 Å². The highest BCUT2D eigenvalue weighted by atomic mass is 16.5. The second kappa shape index (κ2) is 6.58. The molecule has 0 aliphatic carbocycles. The fourth-order valence-corrected chi connectivity index (χ4v) is 2.10. The lowest BCUT2D eigenvalue weighted by Gasteiger charge is -2.25. The van der Waals surface area contributed by atoms with E-state index in [9.17, 15) is 4.79 Å². The van der Waals surface area contributed by atoms with Gasteiger partial charge in [-0.2, -0.15) is 0 Å². The van der Waals surface area contributed by atoms with Gasteiger partial charge in [0.1, 0.15) is 5.75 Å². The van der Waals surface area contributed by atoms with E-state index >= 15 is 0 Å². The van der Waals surface area contributed by atoms with E-state index in [1.165, 1.54) is 38.2 Å². The average molecular weight is 248 g/mol. The predicted molar refractivity (Wildman–Crippen MR) is 74.9 cm³/mol. The van der Waals surface area contributed by atoms with E-state index in [4.69, 9.17) is 4.74 Å². The van der Waals surface area contributed by atoms with E-state index in [0.717, 1.165) is 0 Å². The van der Waals surface area contributed by atoms with Crippen LogP contribution in [-0.4, -0.2) is 5.97 Å². The predicted octanol–water partition coefficient (Wildman–Crippen LogP) is 4.47. The second-order valence-electron chi connectivity index (χ2n) is 5.46.